The van der Waals surface area contributed by atoms with Crippen LogP contribution in [0.4, 0.5) is 9.18 Å². The summed E-state index contributed by atoms with van der Waals surface area (Å²) in [4.78, 5) is 17.4. The van der Waals surface area contributed by atoms with Crippen LogP contribution in [-0.2, 0) is 6.54 Å². The zero-order valence-electron chi connectivity index (χ0n) is 14.8. The first kappa shape index (κ1) is 16.8. The molecule has 0 bridgehead atoms. The van der Waals surface area contributed by atoms with Crippen molar-refractivity contribution in [2.24, 2.45) is 5.92 Å². The van der Waals surface area contributed by atoms with E-state index in [0.717, 1.165) is 31.5 Å². The fourth-order valence-electron chi connectivity index (χ4n) is 4.26. The Bertz CT molecular complexity index is 601. The van der Waals surface area contributed by atoms with Gasteiger partial charge in [0, 0.05) is 31.7 Å². The van der Waals surface area contributed by atoms with Crippen LogP contribution in [0.5, 0.6) is 0 Å². The minimum atomic E-state index is -0.231. The molecule has 0 aromatic heterocycles. The Hall–Kier alpha value is -1.62. The van der Waals surface area contributed by atoms with Crippen molar-refractivity contribution in [1.29, 1.82) is 0 Å². The lowest BCUT2D eigenvalue weighted by atomic mass is 9.98. The van der Waals surface area contributed by atoms with Crippen LogP contribution in [0.15, 0.2) is 24.3 Å². The first-order valence-electron chi connectivity index (χ1n) is 9.71. The minimum Gasteiger partial charge on any atom is -0.335 e. The maximum absolute atomic E-state index is 13.1. The summed E-state index contributed by atoms with van der Waals surface area (Å²) in [5.41, 5.74) is 0.989. The highest BCUT2D eigenvalue weighted by Crippen LogP contribution is 2.31. The predicted molar refractivity (Wildman–Crippen MR) is 95.7 cm³/mol. The molecule has 1 aliphatic carbocycles. The fraction of sp³-hybridized carbons (Fsp3) is 0.650. The summed E-state index contributed by atoms with van der Waals surface area (Å²) in [6.45, 7) is 3.70. The quantitative estimate of drug-likeness (QED) is 0.888. The van der Waals surface area contributed by atoms with Crippen molar-refractivity contribution in [2.75, 3.05) is 19.6 Å². The van der Waals surface area contributed by atoms with E-state index in [1.54, 1.807) is 12.1 Å². The molecule has 5 heteroatoms. The maximum atomic E-state index is 13.1. The number of piperidine rings is 1. The molecular weight excluding hydrogens is 317 g/mol. The molecule has 1 aromatic rings. The molecule has 2 aliphatic heterocycles. The third-order valence-electron chi connectivity index (χ3n) is 5.90. The Morgan fingerprint density at radius 2 is 1.96 bits per heavy atom. The van der Waals surface area contributed by atoms with Crippen LogP contribution in [0, 0.1) is 11.7 Å². The summed E-state index contributed by atoms with van der Waals surface area (Å²) in [6.07, 6.45) is 7.13. The Morgan fingerprint density at radius 3 is 2.72 bits per heavy atom. The van der Waals surface area contributed by atoms with Gasteiger partial charge >= 0.3 is 6.03 Å². The maximum Gasteiger partial charge on any atom is 0.317 e. The van der Waals surface area contributed by atoms with E-state index in [9.17, 15) is 9.18 Å². The van der Waals surface area contributed by atoms with Crippen molar-refractivity contribution in [2.45, 2.75) is 57.2 Å². The molecule has 2 heterocycles. The number of carbonyl (C=O) groups excluding carboxylic acids is 1. The molecule has 0 spiro atoms. The van der Waals surface area contributed by atoms with Crippen LogP contribution < -0.4 is 5.32 Å². The second-order valence-electron chi connectivity index (χ2n) is 7.95. The topological polar surface area (TPSA) is 35.6 Å². The fourth-order valence-corrected chi connectivity index (χ4v) is 4.26. The van der Waals surface area contributed by atoms with Gasteiger partial charge in [-0.15, -0.1) is 0 Å². The number of nitrogens with zero attached hydrogens (tertiary/aromatic N) is 2. The summed E-state index contributed by atoms with van der Waals surface area (Å²) in [6, 6.07) is 7.50. The van der Waals surface area contributed by atoms with E-state index in [-0.39, 0.29) is 11.8 Å². The van der Waals surface area contributed by atoms with Crippen LogP contribution >= 0.6 is 0 Å². The van der Waals surface area contributed by atoms with E-state index >= 15 is 0 Å². The van der Waals surface area contributed by atoms with Crippen molar-refractivity contribution in [1.82, 2.24) is 15.1 Å². The van der Waals surface area contributed by atoms with Crippen LogP contribution in [-0.4, -0.2) is 47.5 Å². The van der Waals surface area contributed by atoms with Gasteiger partial charge in [0.1, 0.15) is 5.82 Å². The van der Waals surface area contributed by atoms with E-state index < -0.39 is 0 Å². The summed E-state index contributed by atoms with van der Waals surface area (Å²) in [7, 11) is 0. The molecule has 2 saturated heterocycles. The summed E-state index contributed by atoms with van der Waals surface area (Å²) in [5, 5.41) is 3.28. The number of carbonyl (C=O) groups is 1. The lowest BCUT2D eigenvalue weighted by Crippen LogP contribution is -2.51. The van der Waals surface area contributed by atoms with E-state index in [1.165, 1.54) is 44.4 Å². The largest absolute Gasteiger partial charge is 0.335 e. The zero-order valence-corrected chi connectivity index (χ0v) is 14.8. The first-order chi connectivity index (χ1) is 12.2. The van der Waals surface area contributed by atoms with Crippen molar-refractivity contribution in [3.8, 4) is 0 Å². The normalized spacial score (nSPS) is 26.3. The molecule has 4 rings (SSSR count). The molecule has 2 atom stereocenters. The first-order valence-corrected chi connectivity index (χ1v) is 9.71. The molecular formula is C20H28FN3O. The number of halogens is 1. The molecule has 0 unspecified atom stereocenters. The lowest BCUT2D eigenvalue weighted by molar-refractivity contribution is 0.152. The Kier molecular flexibility index (Phi) is 4.93. The minimum absolute atomic E-state index is 0.0488. The summed E-state index contributed by atoms with van der Waals surface area (Å²) >= 11 is 0. The van der Waals surface area contributed by atoms with Gasteiger partial charge < -0.3 is 15.1 Å². The van der Waals surface area contributed by atoms with Gasteiger partial charge in [-0.1, -0.05) is 12.1 Å². The second kappa shape index (κ2) is 7.32. The van der Waals surface area contributed by atoms with Crippen LogP contribution in [0.2, 0.25) is 0 Å². The van der Waals surface area contributed by atoms with Gasteiger partial charge in [0.05, 0.1) is 0 Å². The molecule has 1 N–H and O–H groups in total. The number of urea groups is 1. The van der Waals surface area contributed by atoms with Crippen LogP contribution in [0.3, 0.4) is 0 Å². The number of benzene rings is 1. The van der Waals surface area contributed by atoms with E-state index in [4.69, 9.17) is 0 Å². The average molecular weight is 345 g/mol. The highest BCUT2D eigenvalue weighted by molar-refractivity contribution is 5.74. The Morgan fingerprint density at radius 1 is 1.16 bits per heavy atom. The van der Waals surface area contributed by atoms with Gasteiger partial charge in [-0.25, -0.2) is 9.18 Å². The molecule has 1 aromatic carbocycles. The molecule has 0 radical (unpaired) electrons. The number of hydrogen-bond acceptors (Lipinski definition) is 2. The van der Waals surface area contributed by atoms with E-state index in [1.807, 2.05) is 4.90 Å². The molecule has 1 saturated carbocycles. The zero-order chi connectivity index (χ0) is 17.2. The summed E-state index contributed by atoms with van der Waals surface area (Å²) < 4.78 is 13.1. The van der Waals surface area contributed by atoms with E-state index in [0.29, 0.717) is 24.5 Å². The number of fused-ring (bicyclic) bond motifs is 1. The monoisotopic (exact) mass is 345 g/mol. The molecule has 136 valence electrons. The van der Waals surface area contributed by atoms with Gasteiger partial charge in [0.25, 0.3) is 0 Å². The third kappa shape index (κ3) is 4.32. The van der Waals surface area contributed by atoms with Crippen molar-refractivity contribution in [3.63, 3.8) is 0 Å². The highest BCUT2D eigenvalue weighted by atomic mass is 19.1. The van der Waals surface area contributed by atoms with Crippen molar-refractivity contribution < 1.29 is 9.18 Å². The number of hydrogen-bond donors (Lipinski definition) is 1. The standard InChI is InChI=1S/C20H28FN3O/c21-17-7-5-16(6-8-17)14-24(13-15-3-4-15)20(25)22-18-9-11-23-10-1-2-19(23)12-18/h5-8,15,18-19H,1-4,9-14H2,(H,22,25)/t18-,19-/m1/s1. The Labute approximate surface area is 149 Å². The van der Waals surface area contributed by atoms with Gasteiger partial charge in [-0.3, -0.25) is 0 Å². The van der Waals surface area contributed by atoms with Gasteiger partial charge in [0.15, 0.2) is 0 Å². The van der Waals surface area contributed by atoms with Crippen LogP contribution in [0.25, 0.3) is 0 Å². The predicted octanol–water partition coefficient (Wildman–Crippen LogP) is 3.37. The van der Waals surface area contributed by atoms with E-state index in [2.05, 4.69) is 10.2 Å². The molecule has 2 amide bonds. The number of amides is 2. The third-order valence-corrected chi connectivity index (χ3v) is 5.90. The average Bonchev–Trinajstić information content (AvgIpc) is 3.30. The SMILES string of the molecule is O=C(N[C@@H]1CCN2CCC[C@@H]2C1)N(Cc1ccc(F)cc1)CC1CC1. The molecule has 3 aliphatic rings. The molecule has 25 heavy (non-hydrogen) atoms. The Balaban J connectivity index is 1.36. The van der Waals surface area contributed by atoms with Gasteiger partial charge in [-0.05, 0) is 68.7 Å². The molecule has 3 fully saturated rings. The smallest absolute Gasteiger partial charge is 0.317 e. The van der Waals surface area contributed by atoms with Gasteiger partial charge in [-0.2, -0.15) is 0 Å². The highest BCUT2D eigenvalue weighted by Gasteiger charge is 2.33. The van der Waals surface area contributed by atoms with Gasteiger partial charge in [0.2, 0.25) is 0 Å². The summed E-state index contributed by atoms with van der Waals surface area (Å²) in [5.74, 6) is 0.410. The molecule has 4 nitrogen and oxygen atoms in total. The van der Waals surface area contributed by atoms with Crippen LogP contribution in [0.1, 0.15) is 44.1 Å². The number of nitrogens with one attached hydrogen (secondary N) is 1. The number of rotatable bonds is 5. The van der Waals surface area contributed by atoms with Crippen molar-refractivity contribution >= 4 is 6.03 Å². The van der Waals surface area contributed by atoms with Crippen molar-refractivity contribution in [3.05, 3.63) is 35.6 Å². The second-order valence-corrected chi connectivity index (χ2v) is 7.95. The lowest BCUT2D eigenvalue weighted by Gasteiger charge is -2.36.